The Morgan fingerprint density at radius 3 is 2.78 bits per heavy atom. The summed E-state index contributed by atoms with van der Waals surface area (Å²) in [6, 6.07) is 2.58. The lowest BCUT2D eigenvalue weighted by atomic mass is 10.2. The number of rotatable bonds is 9. The van der Waals surface area contributed by atoms with Crippen molar-refractivity contribution in [3.8, 4) is 6.07 Å². The van der Waals surface area contributed by atoms with Crippen LogP contribution in [0.3, 0.4) is 0 Å². The summed E-state index contributed by atoms with van der Waals surface area (Å²) in [5, 5.41) is 11.7. The molecule has 0 saturated heterocycles. The molecule has 18 heavy (non-hydrogen) atoms. The Morgan fingerprint density at radius 2 is 2.22 bits per heavy atom. The Bertz CT molecular complexity index is 294. The number of nitriles is 1. The van der Waals surface area contributed by atoms with E-state index >= 15 is 0 Å². The van der Waals surface area contributed by atoms with Gasteiger partial charge >= 0.3 is 0 Å². The molecule has 1 N–H and O–H groups in total. The molecular weight excluding hydrogens is 226 g/mol. The molecule has 4 nitrogen and oxygen atoms in total. The normalized spacial score (nSPS) is 16.3. The van der Waals surface area contributed by atoms with Gasteiger partial charge in [0.05, 0.1) is 12.1 Å². The van der Waals surface area contributed by atoms with Crippen LogP contribution in [0.25, 0.3) is 0 Å². The number of nitrogens with zero attached hydrogens (tertiary/aromatic N) is 2. The Hall–Kier alpha value is -1.08. The van der Waals surface area contributed by atoms with E-state index in [1.54, 1.807) is 0 Å². The first-order valence-electron chi connectivity index (χ1n) is 7.11. The molecule has 0 aromatic carbocycles. The molecule has 1 unspecified atom stereocenters. The fraction of sp³-hybridized carbons (Fsp3) is 0.857. The van der Waals surface area contributed by atoms with Crippen molar-refractivity contribution in [3.63, 3.8) is 0 Å². The number of unbranched alkanes of at least 4 members (excludes halogenated alkanes) is 2. The minimum atomic E-state index is -0.104. The maximum atomic E-state index is 12.0. The highest BCUT2D eigenvalue weighted by Crippen LogP contribution is 2.28. The van der Waals surface area contributed by atoms with Crippen molar-refractivity contribution in [2.45, 2.75) is 64.5 Å². The lowest BCUT2D eigenvalue weighted by Crippen LogP contribution is -2.46. The molecule has 1 atom stereocenters. The highest BCUT2D eigenvalue weighted by atomic mass is 16.2. The SMILES string of the molecule is CCCCCNC(=O)C(C)N(CCC#N)C1CC1. The maximum absolute atomic E-state index is 12.0. The molecule has 0 bridgehead atoms. The van der Waals surface area contributed by atoms with E-state index in [-0.39, 0.29) is 11.9 Å². The zero-order valence-corrected chi connectivity index (χ0v) is 11.6. The number of hydrogen-bond acceptors (Lipinski definition) is 3. The van der Waals surface area contributed by atoms with Crippen LogP contribution in [0.2, 0.25) is 0 Å². The first kappa shape index (κ1) is 15.0. The van der Waals surface area contributed by atoms with Gasteiger partial charge in [0.15, 0.2) is 0 Å². The third kappa shape index (κ3) is 5.05. The summed E-state index contributed by atoms with van der Waals surface area (Å²) >= 11 is 0. The third-order valence-electron chi connectivity index (χ3n) is 3.45. The summed E-state index contributed by atoms with van der Waals surface area (Å²) < 4.78 is 0. The first-order valence-corrected chi connectivity index (χ1v) is 7.11. The summed E-state index contributed by atoms with van der Waals surface area (Å²) in [4.78, 5) is 14.2. The van der Waals surface area contributed by atoms with Crippen LogP contribution in [-0.2, 0) is 4.79 Å². The molecule has 1 aliphatic rings. The maximum Gasteiger partial charge on any atom is 0.237 e. The van der Waals surface area contributed by atoms with Crippen molar-refractivity contribution in [1.29, 1.82) is 5.26 Å². The minimum Gasteiger partial charge on any atom is -0.355 e. The second kappa shape index (κ2) is 8.10. The predicted molar refractivity (Wildman–Crippen MR) is 72.0 cm³/mol. The second-order valence-corrected chi connectivity index (χ2v) is 5.05. The zero-order chi connectivity index (χ0) is 13.4. The summed E-state index contributed by atoms with van der Waals surface area (Å²) in [6.45, 7) is 5.59. The Labute approximate surface area is 110 Å². The Morgan fingerprint density at radius 1 is 1.50 bits per heavy atom. The van der Waals surface area contributed by atoms with Crippen LogP contribution in [0.5, 0.6) is 0 Å². The highest BCUT2D eigenvalue weighted by Gasteiger charge is 2.34. The molecule has 4 heteroatoms. The smallest absolute Gasteiger partial charge is 0.237 e. The van der Waals surface area contributed by atoms with Crippen molar-refractivity contribution >= 4 is 5.91 Å². The van der Waals surface area contributed by atoms with E-state index in [0.717, 1.165) is 19.4 Å². The average Bonchev–Trinajstić information content (AvgIpc) is 3.19. The molecule has 0 heterocycles. The number of hydrogen-bond donors (Lipinski definition) is 1. The predicted octanol–water partition coefficient (Wildman–Crippen LogP) is 2.06. The van der Waals surface area contributed by atoms with Gasteiger partial charge in [0.1, 0.15) is 0 Å². The molecule has 0 aromatic rings. The molecule has 1 amide bonds. The average molecular weight is 251 g/mol. The molecule has 0 aromatic heterocycles. The van der Waals surface area contributed by atoms with Crippen LogP contribution in [0, 0.1) is 11.3 Å². The largest absolute Gasteiger partial charge is 0.355 e. The van der Waals surface area contributed by atoms with Gasteiger partial charge in [-0.05, 0) is 26.2 Å². The van der Waals surface area contributed by atoms with Crippen LogP contribution in [0.15, 0.2) is 0 Å². The van der Waals surface area contributed by atoms with Crippen molar-refractivity contribution < 1.29 is 4.79 Å². The number of nitrogens with one attached hydrogen (secondary N) is 1. The van der Waals surface area contributed by atoms with E-state index in [0.29, 0.717) is 19.0 Å². The van der Waals surface area contributed by atoms with Gasteiger partial charge < -0.3 is 5.32 Å². The van der Waals surface area contributed by atoms with Crippen LogP contribution < -0.4 is 5.32 Å². The lowest BCUT2D eigenvalue weighted by molar-refractivity contribution is -0.126. The van der Waals surface area contributed by atoms with E-state index in [4.69, 9.17) is 5.26 Å². The zero-order valence-electron chi connectivity index (χ0n) is 11.6. The van der Waals surface area contributed by atoms with E-state index in [1.165, 1.54) is 19.3 Å². The van der Waals surface area contributed by atoms with Crippen LogP contribution in [-0.4, -0.2) is 36.0 Å². The fourth-order valence-corrected chi connectivity index (χ4v) is 2.16. The van der Waals surface area contributed by atoms with Crippen molar-refractivity contribution in [1.82, 2.24) is 10.2 Å². The quantitative estimate of drug-likeness (QED) is 0.638. The van der Waals surface area contributed by atoms with Crippen molar-refractivity contribution in [2.24, 2.45) is 0 Å². The monoisotopic (exact) mass is 251 g/mol. The molecule has 1 fully saturated rings. The van der Waals surface area contributed by atoms with Gasteiger partial charge in [-0.25, -0.2) is 0 Å². The molecule has 0 radical (unpaired) electrons. The first-order chi connectivity index (χ1) is 8.70. The van der Waals surface area contributed by atoms with Gasteiger partial charge in [-0.1, -0.05) is 19.8 Å². The van der Waals surface area contributed by atoms with E-state index in [9.17, 15) is 4.79 Å². The fourth-order valence-electron chi connectivity index (χ4n) is 2.16. The molecule has 1 aliphatic carbocycles. The minimum absolute atomic E-state index is 0.104. The Balaban J connectivity index is 2.32. The number of carbonyl (C=O) groups excluding carboxylic acids is 1. The topological polar surface area (TPSA) is 56.1 Å². The van der Waals surface area contributed by atoms with E-state index < -0.39 is 0 Å². The van der Waals surface area contributed by atoms with Crippen LogP contribution in [0.4, 0.5) is 0 Å². The summed E-state index contributed by atoms with van der Waals surface area (Å²) in [5.74, 6) is 0.107. The van der Waals surface area contributed by atoms with Crippen molar-refractivity contribution in [3.05, 3.63) is 0 Å². The molecule has 1 rings (SSSR count). The highest BCUT2D eigenvalue weighted by molar-refractivity contribution is 5.81. The molecule has 1 saturated carbocycles. The van der Waals surface area contributed by atoms with Gasteiger partial charge in [0, 0.05) is 25.6 Å². The Kier molecular flexibility index (Phi) is 6.74. The van der Waals surface area contributed by atoms with E-state index in [1.807, 2.05) is 6.92 Å². The second-order valence-electron chi connectivity index (χ2n) is 5.05. The van der Waals surface area contributed by atoms with Gasteiger partial charge in [-0.3, -0.25) is 9.69 Å². The van der Waals surface area contributed by atoms with Gasteiger partial charge in [-0.2, -0.15) is 5.26 Å². The van der Waals surface area contributed by atoms with Crippen LogP contribution in [0.1, 0.15) is 52.4 Å². The molecule has 102 valence electrons. The third-order valence-corrected chi connectivity index (χ3v) is 3.45. The molecule has 0 spiro atoms. The van der Waals surface area contributed by atoms with Gasteiger partial charge in [0.2, 0.25) is 5.91 Å². The van der Waals surface area contributed by atoms with Crippen LogP contribution >= 0.6 is 0 Å². The standard InChI is InChI=1S/C14H25N3O/c1-3-4-5-10-16-14(18)12(2)17(11-6-9-15)13-7-8-13/h12-13H,3-8,10-11H2,1-2H3,(H,16,18). The lowest BCUT2D eigenvalue weighted by Gasteiger charge is -2.27. The summed E-state index contributed by atoms with van der Waals surface area (Å²) in [6.07, 6.45) is 6.22. The van der Waals surface area contributed by atoms with Crippen molar-refractivity contribution in [2.75, 3.05) is 13.1 Å². The van der Waals surface area contributed by atoms with E-state index in [2.05, 4.69) is 23.2 Å². The summed E-state index contributed by atoms with van der Waals surface area (Å²) in [7, 11) is 0. The number of amides is 1. The molecular formula is C14H25N3O. The van der Waals surface area contributed by atoms with Gasteiger partial charge in [0.25, 0.3) is 0 Å². The van der Waals surface area contributed by atoms with Gasteiger partial charge in [-0.15, -0.1) is 0 Å². The summed E-state index contributed by atoms with van der Waals surface area (Å²) in [5.41, 5.74) is 0. The molecule has 0 aliphatic heterocycles. The number of carbonyl (C=O) groups is 1.